The van der Waals surface area contributed by atoms with Crippen molar-refractivity contribution in [3.05, 3.63) is 41.0 Å². The number of aromatic nitrogens is 1. The molecule has 1 aliphatic carbocycles. The molecular formula is C28H35N5O4S2. The lowest BCUT2D eigenvalue weighted by Gasteiger charge is -2.37. The number of hydrogen-bond donors (Lipinski definition) is 3. The summed E-state index contributed by atoms with van der Waals surface area (Å²) in [6.07, 6.45) is 2.02. The quantitative estimate of drug-likeness (QED) is 0.422. The van der Waals surface area contributed by atoms with Crippen molar-refractivity contribution in [1.29, 1.82) is 5.26 Å². The van der Waals surface area contributed by atoms with Crippen molar-refractivity contribution < 1.29 is 19.5 Å². The molecule has 208 valence electrons. The predicted octanol–water partition coefficient (Wildman–Crippen LogP) is 3.19. The minimum Gasteiger partial charge on any atom is -0.391 e. The number of amides is 3. The first-order valence-electron chi connectivity index (χ1n) is 13.0. The number of aliphatic hydroxyl groups is 1. The Morgan fingerprint density at radius 3 is 2.46 bits per heavy atom. The monoisotopic (exact) mass is 569 g/mol. The second kappa shape index (κ2) is 11.3. The van der Waals surface area contributed by atoms with Gasteiger partial charge in [0.25, 0.3) is 0 Å². The highest BCUT2D eigenvalue weighted by Crippen LogP contribution is 2.45. The van der Waals surface area contributed by atoms with Gasteiger partial charge in [-0.1, -0.05) is 24.3 Å². The van der Waals surface area contributed by atoms with Gasteiger partial charge in [0, 0.05) is 17.7 Å². The Morgan fingerprint density at radius 1 is 1.26 bits per heavy atom. The van der Waals surface area contributed by atoms with Gasteiger partial charge in [-0.3, -0.25) is 14.4 Å². The van der Waals surface area contributed by atoms with E-state index in [0.717, 1.165) is 21.7 Å². The molecule has 4 atom stereocenters. The van der Waals surface area contributed by atoms with Crippen molar-refractivity contribution in [2.75, 3.05) is 12.8 Å². The number of thiazole rings is 1. The summed E-state index contributed by atoms with van der Waals surface area (Å²) >= 11 is 2.99. The number of nitrogens with zero attached hydrogens (tertiary/aromatic N) is 3. The van der Waals surface area contributed by atoms with Crippen LogP contribution in [0.5, 0.6) is 0 Å². The van der Waals surface area contributed by atoms with Crippen LogP contribution >= 0.6 is 23.1 Å². The van der Waals surface area contributed by atoms with Crippen molar-refractivity contribution in [2.45, 2.75) is 75.9 Å². The molecular weight excluding hydrogens is 534 g/mol. The minimum atomic E-state index is -1.09. The van der Waals surface area contributed by atoms with Gasteiger partial charge in [-0.05, 0) is 57.9 Å². The predicted molar refractivity (Wildman–Crippen MR) is 152 cm³/mol. The molecule has 1 aromatic carbocycles. The van der Waals surface area contributed by atoms with Crippen LogP contribution in [-0.4, -0.2) is 68.4 Å². The molecule has 1 aliphatic heterocycles. The van der Waals surface area contributed by atoms with Gasteiger partial charge in [0.05, 0.1) is 34.3 Å². The summed E-state index contributed by atoms with van der Waals surface area (Å²) in [4.78, 5) is 46.9. The van der Waals surface area contributed by atoms with Gasteiger partial charge in [0.15, 0.2) is 0 Å². The number of aliphatic hydroxyl groups excluding tert-OH is 1. The summed E-state index contributed by atoms with van der Waals surface area (Å²) in [7, 11) is 0. The zero-order valence-electron chi connectivity index (χ0n) is 22.9. The first-order valence-corrected chi connectivity index (χ1v) is 15.1. The third-order valence-corrected chi connectivity index (χ3v) is 10.0. The lowest BCUT2D eigenvalue weighted by atomic mass is 9.98. The lowest BCUT2D eigenvalue weighted by molar-refractivity contribution is -0.142. The van der Waals surface area contributed by atoms with Crippen LogP contribution < -0.4 is 10.6 Å². The molecule has 1 saturated heterocycles. The molecule has 4 rings (SSSR count). The van der Waals surface area contributed by atoms with E-state index in [2.05, 4.69) is 21.7 Å². The van der Waals surface area contributed by atoms with Crippen molar-refractivity contribution in [1.82, 2.24) is 20.5 Å². The normalized spacial score (nSPS) is 21.5. The Balaban J connectivity index is 1.48. The van der Waals surface area contributed by atoms with E-state index in [-0.39, 0.29) is 24.9 Å². The van der Waals surface area contributed by atoms with Gasteiger partial charge in [0.2, 0.25) is 17.7 Å². The van der Waals surface area contributed by atoms with E-state index in [9.17, 15) is 24.8 Å². The fourth-order valence-corrected chi connectivity index (χ4v) is 6.01. The lowest BCUT2D eigenvalue weighted by Crippen LogP contribution is -2.60. The van der Waals surface area contributed by atoms with Crippen LogP contribution in [-0.2, 0) is 14.4 Å². The van der Waals surface area contributed by atoms with Crippen molar-refractivity contribution in [3.8, 4) is 16.5 Å². The number of carbonyl (C=O) groups is 3. The Bertz CT molecular complexity index is 1280. The molecule has 11 heteroatoms. The van der Waals surface area contributed by atoms with Crippen LogP contribution in [0.1, 0.15) is 57.3 Å². The Kier molecular flexibility index (Phi) is 8.40. The zero-order valence-corrected chi connectivity index (χ0v) is 24.5. The number of benzene rings is 1. The van der Waals surface area contributed by atoms with Crippen molar-refractivity contribution >= 4 is 40.8 Å². The van der Waals surface area contributed by atoms with E-state index >= 15 is 0 Å². The maximum Gasteiger partial charge on any atom is 0.247 e. The molecule has 0 radical (unpaired) electrons. The number of thioether (sulfide) groups is 1. The molecule has 2 heterocycles. The number of carbonyl (C=O) groups excluding carboxylic acids is 3. The topological polar surface area (TPSA) is 135 Å². The Labute approximate surface area is 237 Å². The fourth-order valence-electron chi connectivity index (χ4n) is 4.80. The highest BCUT2D eigenvalue weighted by Gasteiger charge is 2.53. The van der Waals surface area contributed by atoms with Crippen LogP contribution in [0.4, 0.5) is 0 Å². The van der Waals surface area contributed by atoms with E-state index in [4.69, 9.17) is 0 Å². The molecule has 3 N–H and O–H groups in total. The maximum absolute atomic E-state index is 13.8. The van der Waals surface area contributed by atoms with Crippen molar-refractivity contribution in [3.63, 3.8) is 0 Å². The van der Waals surface area contributed by atoms with Gasteiger partial charge in [-0.25, -0.2) is 4.98 Å². The van der Waals surface area contributed by atoms with Gasteiger partial charge in [0.1, 0.15) is 17.5 Å². The molecule has 9 nitrogen and oxygen atoms in total. The summed E-state index contributed by atoms with van der Waals surface area (Å²) in [6, 6.07) is 7.82. The van der Waals surface area contributed by atoms with Crippen LogP contribution in [0.25, 0.3) is 10.4 Å². The molecule has 3 amide bonds. The van der Waals surface area contributed by atoms with E-state index in [1.807, 2.05) is 63.7 Å². The Hall–Kier alpha value is -2.94. The maximum atomic E-state index is 13.8. The number of nitriles is 1. The average Bonchev–Trinajstić information content (AvgIpc) is 3.45. The summed E-state index contributed by atoms with van der Waals surface area (Å²) < 4.78 is -0.710. The molecule has 2 aromatic rings. The van der Waals surface area contributed by atoms with Crippen LogP contribution in [0, 0.1) is 23.7 Å². The molecule has 1 aromatic heterocycles. The molecule has 1 saturated carbocycles. The SMILES string of the molecule is CSC(C)(C)[C@H](NC(=O)C1(C#N)CC1)C(=O)N1C[C@H](O)C[C@H]1C(=O)N[C@@H](C)c1ccc(-c2scnc2C)cc1. The first kappa shape index (κ1) is 29.1. The van der Waals surface area contributed by atoms with Gasteiger partial charge in [-0.2, -0.15) is 17.0 Å². The third-order valence-electron chi connectivity index (χ3n) is 7.78. The summed E-state index contributed by atoms with van der Waals surface area (Å²) in [5, 5.41) is 25.7. The largest absolute Gasteiger partial charge is 0.391 e. The van der Waals surface area contributed by atoms with Gasteiger partial charge < -0.3 is 20.6 Å². The van der Waals surface area contributed by atoms with Crippen LogP contribution in [0.3, 0.4) is 0 Å². The second-order valence-corrected chi connectivity index (χ2v) is 13.2. The van der Waals surface area contributed by atoms with Gasteiger partial charge in [-0.15, -0.1) is 11.3 Å². The molecule has 0 spiro atoms. The summed E-state index contributed by atoms with van der Waals surface area (Å²) in [5.41, 5.74) is 3.66. The van der Waals surface area contributed by atoms with Crippen molar-refractivity contribution in [2.24, 2.45) is 5.41 Å². The number of rotatable bonds is 9. The first-order chi connectivity index (χ1) is 18.4. The number of nitrogens with one attached hydrogen (secondary N) is 2. The number of hydrogen-bond acceptors (Lipinski definition) is 8. The van der Waals surface area contributed by atoms with Crippen LogP contribution in [0.15, 0.2) is 29.8 Å². The minimum absolute atomic E-state index is 0.00553. The standard InChI is InChI=1S/C28H35N5O4S2/c1-16(18-6-8-19(9-7-18)22-17(2)30-15-39-22)31-24(35)21-12-20(34)13-33(21)25(36)23(27(3,4)38-5)32-26(37)28(14-29)10-11-28/h6-9,15-16,20-21,23,34H,10-13H2,1-5H3,(H,31,35)(H,32,37)/t16-,20+,21-,23+/m0/s1. The fraction of sp³-hybridized carbons (Fsp3) is 0.536. The number of β-amino-alcohol motifs (C(OH)–C–C–N with tert-alkyl or cyclic N) is 1. The van der Waals surface area contributed by atoms with E-state index in [1.165, 1.54) is 16.7 Å². The average molecular weight is 570 g/mol. The van der Waals surface area contributed by atoms with E-state index in [1.54, 1.807) is 11.3 Å². The Morgan fingerprint density at radius 2 is 1.92 bits per heavy atom. The third kappa shape index (κ3) is 5.98. The van der Waals surface area contributed by atoms with Crippen LogP contribution in [0.2, 0.25) is 0 Å². The molecule has 0 bridgehead atoms. The number of likely N-dealkylation sites (tertiary alicyclic amines) is 1. The molecule has 2 fully saturated rings. The van der Waals surface area contributed by atoms with E-state index < -0.39 is 40.2 Å². The molecule has 2 aliphatic rings. The summed E-state index contributed by atoms with van der Waals surface area (Å²) in [6.45, 7) is 7.52. The smallest absolute Gasteiger partial charge is 0.247 e. The highest BCUT2D eigenvalue weighted by atomic mass is 32.2. The molecule has 39 heavy (non-hydrogen) atoms. The second-order valence-electron chi connectivity index (χ2n) is 10.9. The summed E-state index contributed by atoms with van der Waals surface area (Å²) in [5.74, 6) is -1.26. The molecule has 0 unspecified atom stereocenters. The highest BCUT2D eigenvalue weighted by molar-refractivity contribution is 8.00. The van der Waals surface area contributed by atoms with E-state index in [0.29, 0.717) is 12.8 Å². The zero-order chi connectivity index (χ0) is 28.5. The number of aryl methyl sites for hydroxylation is 1. The van der Waals surface area contributed by atoms with Gasteiger partial charge >= 0.3 is 0 Å².